The number of hydrogen-bond acceptors (Lipinski definition) is 2. The molecule has 52 valence electrons. The van der Waals surface area contributed by atoms with Gasteiger partial charge in [-0.25, -0.2) is 0 Å². The van der Waals surface area contributed by atoms with Crippen LogP contribution in [0.15, 0.2) is 28.4 Å². The molecule has 0 radical (unpaired) electrons. The van der Waals surface area contributed by atoms with E-state index in [-0.39, 0.29) is 0 Å². The van der Waals surface area contributed by atoms with Crippen LogP contribution in [0.4, 0.5) is 0 Å². The second-order valence-electron chi connectivity index (χ2n) is 2.28. The van der Waals surface area contributed by atoms with E-state index in [4.69, 9.17) is 11.6 Å². The van der Waals surface area contributed by atoms with E-state index in [0.29, 0.717) is 0 Å². The summed E-state index contributed by atoms with van der Waals surface area (Å²) in [7, 11) is 0. The Morgan fingerprint density at radius 1 is 1.60 bits per heavy atom. The predicted octanol–water partition coefficient (Wildman–Crippen LogP) is 1.35. The molecule has 0 spiro atoms. The van der Waals surface area contributed by atoms with Crippen molar-refractivity contribution in [2.24, 2.45) is 4.99 Å². The highest BCUT2D eigenvalue weighted by atomic mass is 35.5. The van der Waals surface area contributed by atoms with Crippen molar-refractivity contribution >= 4 is 17.4 Å². The standard InChI is InChI=1S/C7H7ClN2/c8-6-1-3-10-4-2-9-7(10)5-6/h1,3,5H,2,4H2. The molecular formula is C7H7ClN2. The normalized spacial score (nSPS) is 22.3. The van der Waals surface area contributed by atoms with Crippen LogP contribution in [0.2, 0.25) is 0 Å². The summed E-state index contributed by atoms with van der Waals surface area (Å²) in [5.41, 5.74) is 0. The quantitative estimate of drug-likeness (QED) is 0.514. The molecule has 0 N–H and O–H groups in total. The summed E-state index contributed by atoms with van der Waals surface area (Å²) >= 11 is 5.75. The Kier molecular flexibility index (Phi) is 1.27. The van der Waals surface area contributed by atoms with Crippen LogP contribution in [-0.4, -0.2) is 23.8 Å². The van der Waals surface area contributed by atoms with Crippen molar-refractivity contribution in [3.8, 4) is 0 Å². The van der Waals surface area contributed by atoms with Crippen molar-refractivity contribution in [1.82, 2.24) is 4.90 Å². The summed E-state index contributed by atoms with van der Waals surface area (Å²) in [6.45, 7) is 1.88. The maximum atomic E-state index is 5.75. The van der Waals surface area contributed by atoms with E-state index in [1.54, 1.807) is 0 Å². The van der Waals surface area contributed by atoms with Crippen LogP contribution in [0.5, 0.6) is 0 Å². The summed E-state index contributed by atoms with van der Waals surface area (Å²) < 4.78 is 0. The minimum atomic E-state index is 0.761. The van der Waals surface area contributed by atoms with Gasteiger partial charge in [-0.1, -0.05) is 11.6 Å². The maximum absolute atomic E-state index is 5.75. The van der Waals surface area contributed by atoms with Crippen LogP contribution in [0.3, 0.4) is 0 Å². The van der Waals surface area contributed by atoms with E-state index >= 15 is 0 Å². The number of rotatable bonds is 0. The van der Waals surface area contributed by atoms with Crippen LogP contribution in [0.25, 0.3) is 0 Å². The number of nitrogens with zero attached hydrogens (tertiary/aromatic N) is 2. The van der Waals surface area contributed by atoms with E-state index in [9.17, 15) is 0 Å². The second kappa shape index (κ2) is 2.13. The van der Waals surface area contributed by atoms with Crippen molar-refractivity contribution in [3.63, 3.8) is 0 Å². The number of fused-ring (bicyclic) bond motifs is 1. The van der Waals surface area contributed by atoms with Crippen molar-refractivity contribution in [2.45, 2.75) is 0 Å². The summed E-state index contributed by atoms with van der Waals surface area (Å²) in [6, 6.07) is 0. The van der Waals surface area contributed by atoms with E-state index in [1.807, 2.05) is 18.4 Å². The summed E-state index contributed by atoms with van der Waals surface area (Å²) in [6.07, 6.45) is 5.73. The molecular weight excluding hydrogens is 148 g/mol. The molecule has 0 bridgehead atoms. The first-order chi connectivity index (χ1) is 4.86. The van der Waals surface area contributed by atoms with Gasteiger partial charge in [-0.3, -0.25) is 4.99 Å². The zero-order chi connectivity index (χ0) is 6.97. The third-order valence-electron chi connectivity index (χ3n) is 1.59. The van der Waals surface area contributed by atoms with Crippen molar-refractivity contribution < 1.29 is 0 Å². The first-order valence-corrected chi connectivity index (χ1v) is 3.60. The molecule has 3 heteroatoms. The van der Waals surface area contributed by atoms with E-state index in [1.165, 1.54) is 0 Å². The van der Waals surface area contributed by atoms with Gasteiger partial charge < -0.3 is 4.90 Å². The fraction of sp³-hybridized carbons (Fsp3) is 0.286. The molecule has 2 aliphatic rings. The first-order valence-electron chi connectivity index (χ1n) is 3.23. The van der Waals surface area contributed by atoms with Gasteiger partial charge >= 0.3 is 0 Å². The van der Waals surface area contributed by atoms with Crippen molar-refractivity contribution in [2.75, 3.05) is 13.1 Å². The minimum absolute atomic E-state index is 0.761. The number of halogens is 1. The molecule has 0 aromatic carbocycles. The SMILES string of the molecule is ClC1=CC2=NCCN2C=C1. The Morgan fingerprint density at radius 3 is 3.40 bits per heavy atom. The van der Waals surface area contributed by atoms with Gasteiger partial charge in [0, 0.05) is 17.8 Å². The lowest BCUT2D eigenvalue weighted by Gasteiger charge is -2.15. The van der Waals surface area contributed by atoms with Crippen LogP contribution in [0, 0.1) is 0 Å². The Balaban J connectivity index is 2.34. The molecule has 2 nitrogen and oxygen atoms in total. The minimum Gasteiger partial charge on any atom is -0.331 e. The molecule has 0 amide bonds. The smallest absolute Gasteiger partial charge is 0.129 e. The highest BCUT2D eigenvalue weighted by molar-refractivity contribution is 6.33. The lowest BCUT2D eigenvalue weighted by atomic mass is 10.3. The Labute approximate surface area is 64.5 Å². The van der Waals surface area contributed by atoms with Crippen molar-refractivity contribution in [1.29, 1.82) is 0 Å². The Morgan fingerprint density at radius 2 is 2.50 bits per heavy atom. The average Bonchev–Trinajstić information content (AvgIpc) is 2.33. The van der Waals surface area contributed by atoms with Crippen LogP contribution in [0.1, 0.15) is 0 Å². The van der Waals surface area contributed by atoms with E-state index < -0.39 is 0 Å². The van der Waals surface area contributed by atoms with Crippen molar-refractivity contribution in [3.05, 3.63) is 23.4 Å². The van der Waals surface area contributed by atoms with Gasteiger partial charge in [-0.05, 0) is 12.2 Å². The highest BCUT2D eigenvalue weighted by Gasteiger charge is 2.14. The molecule has 0 aromatic rings. The fourth-order valence-corrected chi connectivity index (χ4v) is 1.24. The molecule has 2 rings (SSSR count). The highest BCUT2D eigenvalue weighted by Crippen LogP contribution is 2.15. The maximum Gasteiger partial charge on any atom is 0.129 e. The zero-order valence-corrected chi connectivity index (χ0v) is 6.17. The molecule has 0 aliphatic carbocycles. The van der Waals surface area contributed by atoms with Crippen LogP contribution < -0.4 is 0 Å². The number of amidine groups is 1. The lowest BCUT2D eigenvalue weighted by molar-refractivity contribution is 0.611. The van der Waals surface area contributed by atoms with E-state index in [0.717, 1.165) is 24.0 Å². The molecule has 2 aliphatic heterocycles. The largest absolute Gasteiger partial charge is 0.331 e. The average molecular weight is 155 g/mol. The van der Waals surface area contributed by atoms with Crippen LogP contribution in [-0.2, 0) is 0 Å². The van der Waals surface area contributed by atoms with Gasteiger partial charge in [0.15, 0.2) is 0 Å². The molecule has 0 aromatic heterocycles. The summed E-state index contributed by atoms with van der Waals surface area (Å²) in [5, 5.41) is 0.761. The molecule has 0 atom stereocenters. The van der Waals surface area contributed by atoms with Gasteiger partial charge in [0.1, 0.15) is 5.84 Å². The molecule has 0 saturated carbocycles. The Hall–Kier alpha value is -0.760. The monoisotopic (exact) mass is 154 g/mol. The van der Waals surface area contributed by atoms with Gasteiger partial charge in [0.25, 0.3) is 0 Å². The molecule has 0 unspecified atom stereocenters. The summed E-state index contributed by atoms with van der Waals surface area (Å²) in [5.74, 6) is 0.993. The topological polar surface area (TPSA) is 15.6 Å². The number of hydrogen-bond donors (Lipinski definition) is 0. The van der Waals surface area contributed by atoms with Crippen LogP contribution >= 0.6 is 11.6 Å². The second-order valence-corrected chi connectivity index (χ2v) is 2.71. The van der Waals surface area contributed by atoms with Gasteiger partial charge in [0.05, 0.1) is 6.54 Å². The van der Waals surface area contributed by atoms with E-state index in [2.05, 4.69) is 9.89 Å². The lowest BCUT2D eigenvalue weighted by Crippen LogP contribution is -2.21. The first kappa shape index (κ1) is 5.98. The third kappa shape index (κ3) is 0.847. The molecule has 10 heavy (non-hydrogen) atoms. The Bertz CT molecular complexity index is 240. The third-order valence-corrected chi connectivity index (χ3v) is 1.82. The number of aliphatic imine (C=N–C) groups is 1. The number of allylic oxidation sites excluding steroid dienone is 2. The molecule has 0 saturated heterocycles. The van der Waals surface area contributed by atoms with Gasteiger partial charge in [-0.15, -0.1) is 0 Å². The fourth-order valence-electron chi connectivity index (χ4n) is 1.09. The molecule has 2 heterocycles. The zero-order valence-electron chi connectivity index (χ0n) is 5.42. The predicted molar refractivity (Wildman–Crippen MR) is 42.1 cm³/mol. The van der Waals surface area contributed by atoms with Gasteiger partial charge in [0.2, 0.25) is 0 Å². The van der Waals surface area contributed by atoms with Gasteiger partial charge in [-0.2, -0.15) is 0 Å². The molecule has 0 fully saturated rings. The summed E-state index contributed by atoms with van der Waals surface area (Å²) in [4.78, 5) is 6.33.